The smallest absolute Gasteiger partial charge is 0.168 e. The number of nitrogens with two attached hydrogens (primary N) is 1. The molecule has 92 valence electrons. The van der Waals surface area contributed by atoms with E-state index in [0.717, 1.165) is 18.4 Å². The fraction of sp³-hybridized carbons (Fsp3) is 0.500. The Morgan fingerprint density at radius 2 is 2.06 bits per heavy atom. The molecule has 0 radical (unpaired) electrons. The summed E-state index contributed by atoms with van der Waals surface area (Å²) in [5.41, 5.74) is 6.69. The number of rotatable bonds is 2. The van der Waals surface area contributed by atoms with Crippen molar-refractivity contribution in [1.82, 2.24) is 0 Å². The summed E-state index contributed by atoms with van der Waals surface area (Å²) in [7, 11) is 1.58. The standard InChI is InChI=1S/C12H14ClNO3/c1-15-7-6-8-11(17-5-4-16-8)9(10(7)13)12(14)2-3-12/h6H,2-5,14H2,1H3. The van der Waals surface area contributed by atoms with Crippen LogP contribution in [0.2, 0.25) is 5.02 Å². The highest BCUT2D eigenvalue weighted by Crippen LogP contribution is 2.55. The molecule has 17 heavy (non-hydrogen) atoms. The first-order valence-electron chi connectivity index (χ1n) is 5.61. The van der Waals surface area contributed by atoms with E-state index in [1.807, 2.05) is 0 Å². The van der Waals surface area contributed by atoms with Crippen LogP contribution in [0.15, 0.2) is 6.07 Å². The lowest BCUT2D eigenvalue weighted by Crippen LogP contribution is -2.24. The lowest BCUT2D eigenvalue weighted by atomic mass is 10.0. The Morgan fingerprint density at radius 3 is 2.71 bits per heavy atom. The van der Waals surface area contributed by atoms with Gasteiger partial charge in [-0.3, -0.25) is 0 Å². The van der Waals surface area contributed by atoms with Gasteiger partial charge >= 0.3 is 0 Å². The van der Waals surface area contributed by atoms with Crippen molar-refractivity contribution < 1.29 is 14.2 Å². The highest BCUT2D eigenvalue weighted by molar-refractivity contribution is 6.33. The van der Waals surface area contributed by atoms with E-state index in [-0.39, 0.29) is 5.54 Å². The summed E-state index contributed by atoms with van der Waals surface area (Å²) >= 11 is 6.33. The van der Waals surface area contributed by atoms with E-state index < -0.39 is 0 Å². The van der Waals surface area contributed by atoms with Crippen molar-refractivity contribution in [2.75, 3.05) is 20.3 Å². The monoisotopic (exact) mass is 255 g/mol. The molecule has 0 bridgehead atoms. The van der Waals surface area contributed by atoms with Gasteiger partial charge in [0.15, 0.2) is 11.5 Å². The molecule has 2 N–H and O–H groups in total. The quantitative estimate of drug-likeness (QED) is 0.879. The van der Waals surface area contributed by atoms with Crippen LogP contribution in [0.25, 0.3) is 0 Å². The summed E-state index contributed by atoms with van der Waals surface area (Å²) in [6, 6.07) is 1.76. The predicted octanol–water partition coefficient (Wildman–Crippen LogP) is 2.07. The molecule has 1 aliphatic carbocycles. The van der Waals surface area contributed by atoms with Gasteiger partial charge in [-0.25, -0.2) is 0 Å². The van der Waals surface area contributed by atoms with E-state index in [1.165, 1.54) is 0 Å². The summed E-state index contributed by atoms with van der Waals surface area (Å²) in [5, 5.41) is 0.539. The molecule has 2 aliphatic rings. The van der Waals surface area contributed by atoms with Crippen molar-refractivity contribution in [3.63, 3.8) is 0 Å². The van der Waals surface area contributed by atoms with Crippen LogP contribution in [0.5, 0.6) is 17.2 Å². The summed E-state index contributed by atoms with van der Waals surface area (Å²) in [4.78, 5) is 0. The number of ether oxygens (including phenoxy) is 3. The maximum Gasteiger partial charge on any atom is 0.168 e. The molecule has 1 aliphatic heterocycles. The van der Waals surface area contributed by atoms with Crippen LogP contribution < -0.4 is 19.9 Å². The van der Waals surface area contributed by atoms with Crippen LogP contribution in [-0.4, -0.2) is 20.3 Å². The third kappa shape index (κ3) is 1.63. The lowest BCUT2D eigenvalue weighted by Gasteiger charge is -2.25. The van der Waals surface area contributed by atoms with Crippen molar-refractivity contribution in [3.05, 3.63) is 16.7 Å². The Kier molecular flexibility index (Phi) is 2.38. The van der Waals surface area contributed by atoms with Crippen molar-refractivity contribution in [2.45, 2.75) is 18.4 Å². The zero-order valence-electron chi connectivity index (χ0n) is 9.59. The Labute approximate surface area is 105 Å². The number of halogens is 1. The molecular formula is C12H14ClNO3. The number of hydrogen-bond donors (Lipinski definition) is 1. The first kappa shape index (κ1) is 11.0. The predicted molar refractivity (Wildman–Crippen MR) is 64.1 cm³/mol. The van der Waals surface area contributed by atoms with Gasteiger partial charge < -0.3 is 19.9 Å². The summed E-state index contributed by atoms with van der Waals surface area (Å²) < 4.78 is 16.5. The van der Waals surface area contributed by atoms with E-state index >= 15 is 0 Å². The second-order valence-electron chi connectivity index (χ2n) is 4.45. The van der Waals surface area contributed by atoms with Crippen molar-refractivity contribution in [1.29, 1.82) is 0 Å². The van der Waals surface area contributed by atoms with Crippen LogP contribution in [0.4, 0.5) is 0 Å². The zero-order chi connectivity index (χ0) is 12.0. The summed E-state index contributed by atoms with van der Waals surface area (Å²) in [6.45, 7) is 1.06. The second kappa shape index (κ2) is 3.68. The maximum atomic E-state index is 6.33. The van der Waals surface area contributed by atoms with E-state index in [4.69, 9.17) is 31.5 Å². The first-order valence-corrected chi connectivity index (χ1v) is 5.99. The van der Waals surface area contributed by atoms with Gasteiger partial charge in [-0.15, -0.1) is 0 Å². The van der Waals surface area contributed by atoms with Crippen LogP contribution in [0.3, 0.4) is 0 Å². The van der Waals surface area contributed by atoms with Gasteiger partial charge in [0.25, 0.3) is 0 Å². The molecule has 1 saturated carbocycles. The van der Waals surface area contributed by atoms with E-state index in [0.29, 0.717) is 35.5 Å². The Morgan fingerprint density at radius 1 is 1.35 bits per heavy atom. The van der Waals surface area contributed by atoms with Crippen molar-refractivity contribution in [3.8, 4) is 17.2 Å². The average Bonchev–Trinajstić information content (AvgIpc) is 3.07. The molecule has 0 amide bonds. The Hall–Kier alpha value is -1.13. The molecule has 1 aromatic carbocycles. The molecule has 0 unspecified atom stereocenters. The van der Waals surface area contributed by atoms with E-state index in [9.17, 15) is 0 Å². The molecule has 5 heteroatoms. The van der Waals surface area contributed by atoms with Gasteiger partial charge in [0, 0.05) is 17.2 Å². The average molecular weight is 256 g/mol. The van der Waals surface area contributed by atoms with E-state index in [2.05, 4.69) is 0 Å². The highest BCUT2D eigenvalue weighted by atomic mass is 35.5. The fourth-order valence-electron chi connectivity index (χ4n) is 2.12. The molecule has 1 fully saturated rings. The second-order valence-corrected chi connectivity index (χ2v) is 4.83. The largest absolute Gasteiger partial charge is 0.495 e. The van der Waals surface area contributed by atoms with Gasteiger partial charge in [0.05, 0.1) is 12.1 Å². The fourth-order valence-corrected chi connectivity index (χ4v) is 2.52. The van der Waals surface area contributed by atoms with Crippen LogP contribution >= 0.6 is 11.6 Å². The van der Waals surface area contributed by atoms with E-state index in [1.54, 1.807) is 13.2 Å². The molecular weight excluding hydrogens is 242 g/mol. The normalized spacial score (nSPS) is 19.9. The number of hydrogen-bond acceptors (Lipinski definition) is 4. The molecule has 0 aromatic heterocycles. The topological polar surface area (TPSA) is 53.7 Å². The molecule has 0 saturated heterocycles. The maximum absolute atomic E-state index is 6.33. The molecule has 0 atom stereocenters. The lowest BCUT2D eigenvalue weighted by molar-refractivity contribution is 0.168. The van der Waals surface area contributed by atoms with Gasteiger partial charge in [0.2, 0.25) is 0 Å². The molecule has 1 aromatic rings. The summed E-state index contributed by atoms with van der Waals surface area (Å²) in [6.07, 6.45) is 1.82. The number of fused-ring (bicyclic) bond motifs is 1. The third-order valence-electron chi connectivity index (χ3n) is 3.24. The Balaban J connectivity index is 2.22. The minimum absolute atomic E-state index is 0.379. The number of benzene rings is 1. The summed E-state index contributed by atoms with van der Waals surface area (Å²) in [5.74, 6) is 1.94. The third-order valence-corrected chi connectivity index (χ3v) is 3.62. The Bertz CT molecular complexity index is 471. The van der Waals surface area contributed by atoms with Gasteiger partial charge in [-0.05, 0) is 12.8 Å². The van der Waals surface area contributed by atoms with Crippen LogP contribution in [-0.2, 0) is 5.54 Å². The van der Waals surface area contributed by atoms with Gasteiger partial charge in [0.1, 0.15) is 19.0 Å². The highest BCUT2D eigenvalue weighted by Gasteiger charge is 2.46. The van der Waals surface area contributed by atoms with Gasteiger partial charge in [-0.2, -0.15) is 0 Å². The molecule has 4 nitrogen and oxygen atoms in total. The van der Waals surface area contributed by atoms with Crippen molar-refractivity contribution in [2.24, 2.45) is 5.73 Å². The number of methoxy groups -OCH3 is 1. The first-order chi connectivity index (χ1) is 8.15. The zero-order valence-corrected chi connectivity index (χ0v) is 10.3. The van der Waals surface area contributed by atoms with Crippen molar-refractivity contribution >= 4 is 11.6 Å². The minimum Gasteiger partial charge on any atom is -0.495 e. The minimum atomic E-state index is -0.379. The van der Waals surface area contributed by atoms with Crippen LogP contribution in [0.1, 0.15) is 18.4 Å². The molecule has 1 heterocycles. The molecule has 3 rings (SSSR count). The molecule has 0 spiro atoms. The van der Waals surface area contributed by atoms with Gasteiger partial charge in [-0.1, -0.05) is 11.6 Å². The SMILES string of the molecule is COc1cc2c(c(C3(N)CC3)c1Cl)OCCO2. The van der Waals surface area contributed by atoms with Crippen LogP contribution in [0, 0.1) is 0 Å².